The number of hydrogen-bond acceptors (Lipinski definition) is 6. The second kappa shape index (κ2) is 15.2. The number of carbonyl (C=O) groups is 2. The Morgan fingerprint density at radius 1 is 0.953 bits per heavy atom. The van der Waals surface area contributed by atoms with E-state index in [1.807, 2.05) is 54.6 Å². The molecule has 43 heavy (non-hydrogen) atoms. The highest BCUT2D eigenvalue weighted by Gasteiger charge is 2.30. The van der Waals surface area contributed by atoms with Crippen molar-refractivity contribution in [1.82, 2.24) is 10.2 Å². The van der Waals surface area contributed by atoms with Crippen LogP contribution in [0.25, 0.3) is 0 Å². The number of rotatable bonds is 15. The van der Waals surface area contributed by atoms with Gasteiger partial charge in [-0.1, -0.05) is 71.7 Å². The molecule has 3 aromatic carbocycles. The number of nitrogens with one attached hydrogen (secondary N) is 1. The van der Waals surface area contributed by atoms with Crippen LogP contribution in [-0.4, -0.2) is 57.3 Å². The van der Waals surface area contributed by atoms with Crippen LogP contribution in [0.1, 0.15) is 43.7 Å². The maximum atomic E-state index is 13.9. The van der Waals surface area contributed by atoms with Gasteiger partial charge in [-0.3, -0.25) is 13.9 Å². The zero-order valence-electron chi connectivity index (χ0n) is 24.5. The van der Waals surface area contributed by atoms with Gasteiger partial charge in [-0.25, -0.2) is 8.42 Å². The number of carbonyl (C=O) groups excluding carboxylic acids is 2. The summed E-state index contributed by atoms with van der Waals surface area (Å²) in [6, 6.07) is 21.5. The van der Waals surface area contributed by atoms with Crippen molar-refractivity contribution in [3.05, 3.63) is 88.4 Å². The van der Waals surface area contributed by atoms with Gasteiger partial charge in [0.15, 0.2) is 11.5 Å². The van der Waals surface area contributed by atoms with Crippen LogP contribution in [0.2, 0.25) is 0 Å². The zero-order valence-corrected chi connectivity index (χ0v) is 26.9. The summed E-state index contributed by atoms with van der Waals surface area (Å²) in [7, 11) is -3.65. The maximum Gasteiger partial charge on any atom is 0.243 e. The van der Waals surface area contributed by atoms with Crippen molar-refractivity contribution in [1.29, 1.82) is 0 Å². The van der Waals surface area contributed by atoms with Gasteiger partial charge in [-0.15, -0.1) is 0 Å². The second-order valence-electron chi connectivity index (χ2n) is 10.5. The van der Waals surface area contributed by atoms with Crippen molar-refractivity contribution in [2.24, 2.45) is 0 Å². The van der Waals surface area contributed by atoms with E-state index in [4.69, 9.17) is 9.47 Å². The number of benzene rings is 3. The number of sulfonamides is 1. The number of fused-ring (bicyclic) bond motifs is 1. The molecular weight excluding hydrogens is 634 g/mol. The lowest BCUT2D eigenvalue weighted by Crippen LogP contribution is -2.50. The molecule has 4 rings (SSSR count). The molecule has 1 atom stereocenters. The largest absolute Gasteiger partial charge is 0.454 e. The summed E-state index contributed by atoms with van der Waals surface area (Å²) in [5.41, 5.74) is 2.25. The second-order valence-corrected chi connectivity index (χ2v) is 13.3. The molecule has 3 aromatic rings. The lowest BCUT2D eigenvalue weighted by molar-refractivity contribution is -0.141. The Labute approximate surface area is 262 Å². The summed E-state index contributed by atoms with van der Waals surface area (Å²) >= 11 is 3.51. The zero-order chi connectivity index (χ0) is 30.8. The lowest BCUT2D eigenvalue weighted by Gasteiger charge is -2.32. The first kappa shape index (κ1) is 32.3. The van der Waals surface area contributed by atoms with Crippen molar-refractivity contribution in [2.45, 2.75) is 51.6 Å². The standard InChI is InChI=1S/C32H38BrN3O6S/c1-3-4-17-34-32(38)28(20-24-10-6-5-7-11-24)35(22-25-12-8-13-26(33)19-25)31(37)14-9-18-36(43(2,39)40)27-15-16-29-30(21-27)42-23-41-29/h5-8,10-13,15-16,19,21,28H,3-4,9,14,17-18,20,22-23H2,1-2H3,(H,34,38)/t28-/m0/s1. The average molecular weight is 673 g/mol. The molecule has 0 spiro atoms. The van der Waals surface area contributed by atoms with Gasteiger partial charge in [-0.05, 0) is 48.2 Å². The van der Waals surface area contributed by atoms with Crippen LogP contribution in [0.4, 0.5) is 5.69 Å². The number of nitrogens with zero attached hydrogens (tertiary/aromatic N) is 2. The molecule has 1 aliphatic rings. The maximum absolute atomic E-state index is 13.9. The molecule has 2 amide bonds. The molecule has 0 aliphatic carbocycles. The third-order valence-corrected chi connectivity index (χ3v) is 8.83. The number of anilines is 1. The van der Waals surface area contributed by atoms with Crippen molar-refractivity contribution in [3.63, 3.8) is 0 Å². The fraction of sp³-hybridized carbons (Fsp3) is 0.375. The fourth-order valence-corrected chi connectivity index (χ4v) is 6.34. The van der Waals surface area contributed by atoms with Crippen LogP contribution in [0, 0.1) is 0 Å². The van der Waals surface area contributed by atoms with E-state index in [9.17, 15) is 18.0 Å². The van der Waals surface area contributed by atoms with E-state index < -0.39 is 16.1 Å². The number of hydrogen-bond donors (Lipinski definition) is 1. The molecule has 1 aliphatic heterocycles. The monoisotopic (exact) mass is 671 g/mol. The third kappa shape index (κ3) is 9.21. The van der Waals surface area contributed by atoms with Gasteiger partial charge in [0.05, 0.1) is 11.9 Å². The summed E-state index contributed by atoms with van der Waals surface area (Å²) in [6.45, 7) is 2.98. The molecule has 0 fully saturated rings. The number of halogens is 1. The fourth-order valence-electron chi connectivity index (χ4n) is 4.94. The lowest BCUT2D eigenvalue weighted by atomic mass is 10.0. The van der Waals surface area contributed by atoms with Crippen molar-refractivity contribution >= 4 is 43.5 Å². The first-order valence-electron chi connectivity index (χ1n) is 14.4. The Balaban J connectivity index is 1.56. The summed E-state index contributed by atoms with van der Waals surface area (Å²) < 4.78 is 38.4. The Morgan fingerprint density at radius 2 is 1.70 bits per heavy atom. The smallest absolute Gasteiger partial charge is 0.243 e. The molecule has 0 saturated carbocycles. The number of unbranched alkanes of at least 4 members (excludes halogenated alkanes) is 1. The molecule has 1 N–H and O–H groups in total. The summed E-state index contributed by atoms with van der Waals surface area (Å²) in [5, 5.41) is 3.02. The molecule has 0 bridgehead atoms. The highest BCUT2D eigenvalue weighted by Crippen LogP contribution is 2.36. The molecule has 9 nitrogen and oxygen atoms in total. The first-order chi connectivity index (χ1) is 20.7. The third-order valence-electron chi connectivity index (χ3n) is 7.14. The molecule has 0 saturated heterocycles. The molecule has 1 heterocycles. The van der Waals surface area contributed by atoms with E-state index in [2.05, 4.69) is 28.2 Å². The van der Waals surface area contributed by atoms with Gasteiger partial charge in [0, 0.05) is 43.0 Å². The van der Waals surface area contributed by atoms with Crippen molar-refractivity contribution in [2.75, 3.05) is 30.4 Å². The van der Waals surface area contributed by atoms with E-state index in [0.29, 0.717) is 30.2 Å². The minimum absolute atomic E-state index is 0.0537. The van der Waals surface area contributed by atoms with Crippen LogP contribution in [-0.2, 0) is 32.6 Å². The minimum Gasteiger partial charge on any atom is -0.454 e. The Kier molecular flexibility index (Phi) is 11.5. The van der Waals surface area contributed by atoms with Gasteiger partial charge in [0.1, 0.15) is 6.04 Å². The molecule has 11 heteroatoms. The molecule has 230 valence electrons. The van der Waals surface area contributed by atoms with Gasteiger partial charge in [-0.2, -0.15) is 0 Å². The molecule has 0 aromatic heterocycles. The van der Waals surface area contributed by atoms with Crippen LogP contribution < -0.4 is 19.1 Å². The number of amides is 2. The predicted molar refractivity (Wildman–Crippen MR) is 171 cm³/mol. The highest BCUT2D eigenvalue weighted by molar-refractivity contribution is 9.10. The Bertz CT molecular complexity index is 1500. The van der Waals surface area contributed by atoms with E-state index in [-0.39, 0.29) is 44.5 Å². The first-order valence-corrected chi connectivity index (χ1v) is 17.0. The quantitative estimate of drug-likeness (QED) is 0.221. The topological polar surface area (TPSA) is 105 Å². The number of ether oxygens (including phenoxy) is 2. The Hall–Kier alpha value is -3.57. The molecule has 0 unspecified atom stereocenters. The normalized spacial score (nSPS) is 12.9. The van der Waals surface area contributed by atoms with Crippen molar-refractivity contribution < 1.29 is 27.5 Å². The molecular formula is C32H38BrN3O6S. The predicted octanol–water partition coefficient (Wildman–Crippen LogP) is 5.28. The van der Waals surface area contributed by atoms with Crippen LogP contribution >= 0.6 is 15.9 Å². The van der Waals surface area contributed by atoms with E-state index >= 15 is 0 Å². The van der Waals surface area contributed by atoms with Gasteiger partial charge < -0.3 is 19.7 Å². The summed E-state index contributed by atoms with van der Waals surface area (Å²) in [4.78, 5) is 29.2. The van der Waals surface area contributed by atoms with Crippen LogP contribution in [0.15, 0.2) is 77.3 Å². The van der Waals surface area contributed by atoms with Gasteiger partial charge in [0.25, 0.3) is 0 Å². The highest BCUT2D eigenvalue weighted by atomic mass is 79.9. The van der Waals surface area contributed by atoms with E-state index in [1.165, 1.54) is 4.31 Å². The van der Waals surface area contributed by atoms with Crippen LogP contribution in [0.3, 0.4) is 0 Å². The van der Waals surface area contributed by atoms with E-state index in [0.717, 1.165) is 34.7 Å². The van der Waals surface area contributed by atoms with Crippen molar-refractivity contribution in [3.8, 4) is 11.5 Å². The minimum atomic E-state index is -3.65. The molecule has 0 radical (unpaired) electrons. The Morgan fingerprint density at radius 3 is 2.42 bits per heavy atom. The SMILES string of the molecule is CCCCNC(=O)[C@H](Cc1ccccc1)N(Cc1cccc(Br)c1)C(=O)CCCN(c1ccc2c(c1)OCO2)S(C)(=O)=O. The van der Waals surface area contributed by atoms with Gasteiger partial charge >= 0.3 is 0 Å². The average Bonchev–Trinajstić information content (AvgIpc) is 3.45. The van der Waals surface area contributed by atoms with Gasteiger partial charge in [0.2, 0.25) is 28.6 Å². The summed E-state index contributed by atoms with van der Waals surface area (Å²) in [6.07, 6.45) is 3.57. The summed E-state index contributed by atoms with van der Waals surface area (Å²) in [5.74, 6) is 0.585. The van der Waals surface area contributed by atoms with Crippen LogP contribution in [0.5, 0.6) is 11.5 Å². The van der Waals surface area contributed by atoms with E-state index in [1.54, 1.807) is 23.1 Å².